The van der Waals surface area contributed by atoms with E-state index in [0.717, 1.165) is 37.3 Å². The molecule has 4 heterocycles. The molecule has 178 valence electrons. The Balaban J connectivity index is 1.41. The molecule has 0 aliphatic carbocycles. The molecule has 0 saturated carbocycles. The van der Waals surface area contributed by atoms with Gasteiger partial charge in [0.15, 0.2) is 0 Å². The molecule has 0 aromatic carbocycles. The Labute approximate surface area is 195 Å². The number of alkyl halides is 3. The summed E-state index contributed by atoms with van der Waals surface area (Å²) < 4.78 is 44.4. The summed E-state index contributed by atoms with van der Waals surface area (Å²) in [5, 5.41) is -0.0359. The van der Waals surface area contributed by atoms with E-state index in [2.05, 4.69) is 9.97 Å². The molecule has 2 aliphatic rings. The molecule has 0 radical (unpaired) electrons. The molecule has 2 fully saturated rings. The van der Waals surface area contributed by atoms with Crippen molar-refractivity contribution in [2.24, 2.45) is 5.92 Å². The average molecular weight is 483 g/mol. The number of halogens is 4. The Morgan fingerprint density at radius 3 is 2.64 bits per heavy atom. The Morgan fingerprint density at radius 2 is 2.03 bits per heavy atom. The van der Waals surface area contributed by atoms with Crippen molar-refractivity contribution in [2.45, 2.75) is 44.5 Å². The highest BCUT2D eigenvalue weighted by Gasteiger charge is 2.34. The molecular weight excluding hydrogens is 457 g/mol. The molecule has 4 rings (SSSR count). The van der Waals surface area contributed by atoms with Gasteiger partial charge in [0.05, 0.1) is 16.7 Å². The van der Waals surface area contributed by atoms with Gasteiger partial charge in [0.25, 0.3) is 0 Å². The van der Waals surface area contributed by atoms with E-state index >= 15 is 0 Å². The molecule has 2 aliphatic heterocycles. The van der Waals surface area contributed by atoms with Crippen LogP contribution in [0.4, 0.5) is 19.0 Å². The van der Waals surface area contributed by atoms with Gasteiger partial charge in [0, 0.05) is 57.3 Å². The number of rotatable bonds is 6. The van der Waals surface area contributed by atoms with Crippen molar-refractivity contribution in [3.8, 4) is 0 Å². The van der Waals surface area contributed by atoms with Crippen LogP contribution in [0, 0.1) is 5.92 Å². The molecule has 10 heteroatoms. The Kier molecular flexibility index (Phi) is 7.38. The molecule has 0 bridgehead atoms. The fourth-order valence-corrected chi connectivity index (χ4v) is 4.68. The highest BCUT2D eigenvalue weighted by Crippen LogP contribution is 2.35. The van der Waals surface area contributed by atoms with Gasteiger partial charge < -0.3 is 14.5 Å². The molecule has 1 atom stereocenters. The summed E-state index contributed by atoms with van der Waals surface area (Å²) in [6, 6.07) is 4.70. The normalized spacial score (nSPS) is 19.6. The highest BCUT2D eigenvalue weighted by atomic mass is 35.5. The van der Waals surface area contributed by atoms with Crippen LogP contribution in [0.25, 0.3) is 0 Å². The largest absolute Gasteiger partial charge is 0.417 e. The number of hydrogen-bond donors (Lipinski definition) is 0. The second-order valence-corrected chi connectivity index (χ2v) is 8.91. The quantitative estimate of drug-likeness (QED) is 0.603. The number of amides is 1. The van der Waals surface area contributed by atoms with Crippen molar-refractivity contribution < 1.29 is 22.7 Å². The molecule has 1 amide bonds. The zero-order valence-corrected chi connectivity index (χ0v) is 18.9. The van der Waals surface area contributed by atoms with Gasteiger partial charge in [0.1, 0.15) is 5.82 Å². The number of aromatic nitrogens is 2. The fraction of sp³-hybridized carbons (Fsp3) is 0.522. The second-order valence-electron chi connectivity index (χ2n) is 8.50. The van der Waals surface area contributed by atoms with Gasteiger partial charge in [-0.1, -0.05) is 17.7 Å². The maximum absolute atomic E-state index is 13.4. The Bertz CT molecular complexity index is 946. The first-order chi connectivity index (χ1) is 15.8. The van der Waals surface area contributed by atoms with Crippen molar-refractivity contribution >= 4 is 23.3 Å². The van der Waals surface area contributed by atoms with Crippen LogP contribution in [-0.2, 0) is 22.3 Å². The van der Waals surface area contributed by atoms with Crippen molar-refractivity contribution in [1.29, 1.82) is 0 Å². The third kappa shape index (κ3) is 5.95. The van der Waals surface area contributed by atoms with Gasteiger partial charge in [0.2, 0.25) is 5.91 Å². The fourth-order valence-electron chi connectivity index (χ4n) is 4.39. The molecule has 0 spiro atoms. The zero-order chi connectivity index (χ0) is 23.4. The summed E-state index contributed by atoms with van der Waals surface area (Å²) in [5.74, 6) is 0.218. The standard InChI is InChI=1S/C23H26ClF3N4O2/c24-20-11-18(23(25,26)27)13-29-21(20)30-8-5-17(6-9-30)22(32)31(15-19-4-2-10-33-19)14-16-3-1-7-28-12-16/h1,3,7,11-13,17,19H,2,4-6,8-10,14-15H2. The first-order valence-electron chi connectivity index (χ1n) is 11.1. The lowest BCUT2D eigenvalue weighted by atomic mass is 9.94. The predicted molar refractivity (Wildman–Crippen MR) is 118 cm³/mol. The minimum absolute atomic E-state index is 0.0359. The maximum atomic E-state index is 13.4. The van der Waals surface area contributed by atoms with E-state index in [1.54, 1.807) is 12.4 Å². The number of nitrogens with zero attached hydrogens (tertiary/aromatic N) is 4. The van der Waals surface area contributed by atoms with Gasteiger partial charge >= 0.3 is 6.18 Å². The van der Waals surface area contributed by atoms with E-state index in [1.807, 2.05) is 21.9 Å². The van der Waals surface area contributed by atoms with Gasteiger partial charge in [-0.2, -0.15) is 13.2 Å². The van der Waals surface area contributed by atoms with Crippen molar-refractivity contribution in [2.75, 3.05) is 31.1 Å². The zero-order valence-electron chi connectivity index (χ0n) is 18.1. The van der Waals surface area contributed by atoms with Crippen LogP contribution in [0.15, 0.2) is 36.8 Å². The third-order valence-electron chi connectivity index (χ3n) is 6.15. The van der Waals surface area contributed by atoms with E-state index in [0.29, 0.717) is 44.8 Å². The monoisotopic (exact) mass is 482 g/mol. The Morgan fingerprint density at radius 1 is 1.24 bits per heavy atom. The topological polar surface area (TPSA) is 58.6 Å². The molecular formula is C23H26ClF3N4O2. The lowest BCUT2D eigenvalue weighted by Gasteiger charge is -2.36. The van der Waals surface area contributed by atoms with Crippen molar-refractivity contribution in [3.05, 3.63) is 52.9 Å². The molecule has 1 unspecified atom stereocenters. The van der Waals surface area contributed by atoms with Gasteiger partial charge in [-0.15, -0.1) is 0 Å². The molecule has 6 nitrogen and oxygen atoms in total. The smallest absolute Gasteiger partial charge is 0.376 e. The van der Waals surface area contributed by atoms with Gasteiger partial charge in [-0.25, -0.2) is 4.98 Å². The maximum Gasteiger partial charge on any atom is 0.417 e. The highest BCUT2D eigenvalue weighted by molar-refractivity contribution is 6.33. The number of ether oxygens (including phenoxy) is 1. The molecule has 2 aromatic rings. The number of pyridine rings is 2. The molecule has 2 aromatic heterocycles. The van der Waals surface area contributed by atoms with Crippen LogP contribution >= 0.6 is 11.6 Å². The number of carbonyl (C=O) groups is 1. The van der Waals surface area contributed by atoms with Crippen LogP contribution in [0.5, 0.6) is 0 Å². The van der Waals surface area contributed by atoms with E-state index in [-0.39, 0.29) is 23.0 Å². The summed E-state index contributed by atoms with van der Waals surface area (Å²) in [7, 11) is 0. The molecule has 33 heavy (non-hydrogen) atoms. The number of anilines is 1. The Hall–Kier alpha value is -2.39. The second kappa shape index (κ2) is 10.3. The van der Waals surface area contributed by atoms with E-state index in [1.165, 1.54) is 0 Å². The summed E-state index contributed by atoms with van der Waals surface area (Å²) in [6.07, 6.45) is 2.90. The SMILES string of the molecule is O=C(C1CCN(c2ncc(C(F)(F)F)cc2Cl)CC1)N(Cc1cccnc1)CC1CCCO1. The summed E-state index contributed by atoms with van der Waals surface area (Å²) in [5.41, 5.74) is 0.0866. The molecule has 0 N–H and O–H groups in total. The lowest BCUT2D eigenvalue weighted by molar-refractivity contribution is -0.139. The van der Waals surface area contributed by atoms with E-state index in [9.17, 15) is 18.0 Å². The number of hydrogen-bond acceptors (Lipinski definition) is 5. The number of carbonyl (C=O) groups excluding carboxylic acids is 1. The van der Waals surface area contributed by atoms with Crippen molar-refractivity contribution in [3.63, 3.8) is 0 Å². The first-order valence-corrected chi connectivity index (χ1v) is 11.5. The first kappa shape index (κ1) is 23.8. The van der Waals surface area contributed by atoms with Crippen LogP contribution in [-0.4, -0.2) is 53.1 Å². The van der Waals surface area contributed by atoms with Crippen LogP contribution < -0.4 is 4.90 Å². The van der Waals surface area contributed by atoms with Crippen molar-refractivity contribution in [1.82, 2.24) is 14.9 Å². The van der Waals surface area contributed by atoms with Crippen LogP contribution in [0.2, 0.25) is 5.02 Å². The summed E-state index contributed by atoms with van der Waals surface area (Å²) in [4.78, 5) is 25.2. The molecule has 2 saturated heterocycles. The third-order valence-corrected chi connectivity index (χ3v) is 6.43. The summed E-state index contributed by atoms with van der Waals surface area (Å²) >= 11 is 6.10. The van der Waals surface area contributed by atoms with E-state index in [4.69, 9.17) is 16.3 Å². The minimum atomic E-state index is -4.49. The average Bonchev–Trinajstić information content (AvgIpc) is 3.31. The van der Waals surface area contributed by atoms with E-state index < -0.39 is 11.7 Å². The minimum Gasteiger partial charge on any atom is -0.376 e. The van der Waals surface area contributed by atoms with Crippen LogP contribution in [0.1, 0.15) is 36.8 Å². The number of piperidine rings is 1. The lowest BCUT2D eigenvalue weighted by Crippen LogP contribution is -2.45. The summed E-state index contributed by atoms with van der Waals surface area (Å²) in [6.45, 7) is 2.72. The predicted octanol–water partition coefficient (Wildman–Crippen LogP) is 4.57. The van der Waals surface area contributed by atoms with Gasteiger partial charge in [-0.3, -0.25) is 9.78 Å². The van der Waals surface area contributed by atoms with Crippen LogP contribution in [0.3, 0.4) is 0 Å². The van der Waals surface area contributed by atoms with Gasteiger partial charge in [-0.05, 0) is 43.4 Å².